The molecule has 2 N–H and O–H groups in total. The van der Waals surface area contributed by atoms with Crippen LogP contribution in [0, 0.1) is 19.7 Å². The standard InChI is InChI=1S/C20H18FN3O3/c1-11-18(12(2)27-24-11)17-8-14-7-16(10-25)26-19(14)20(23-17)22-9-13-4-3-5-15(21)6-13/h3-8,25H,9-10H2,1-2H3,(H,22,23). The van der Waals surface area contributed by atoms with E-state index in [0.29, 0.717) is 35.2 Å². The summed E-state index contributed by atoms with van der Waals surface area (Å²) in [6.07, 6.45) is 0. The molecule has 0 spiro atoms. The van der Waals surface area contributed by atoms with Gasteiger partial charge in [-0.25, -0.2) is 9.37 Å². The van der Waals surface area contributed by atoms with Gasteiger partial charge in [0.2, 0.25) is 0 Å². The number of benzene rings is 1. The van der Waals surface area contributed by atoms with Gasteiger partial charge < -0.3 is 19.4 Å². The minimum atomic E-state index is -0.294. The highest BCUT2D eigenvalue weighted by Crippen LogP contribution is 2.33. The molecule has 0 bridgehead atoms. The molecule has 0 unspecified atom stereocenters. The number of anilines is 1. The van der Waals surface area contributed by atoms with Crippen LogP contribution in [-0.2, 0) is 13.2 Å². The van der Waals surface area contributed by atoms with Crippen molar-refractivity contribution in [3.05, 3.63) is 65.0 Å². The summed E-state index contributed by atoms with van der Waals surface area (Å²) in [5, 5.41) is 17.4. The Kier molecular flexibility index (Phi) is 4.37. The lowest BCUT2D eigenvalue weighted by Crippen LogP contribution is -2.03. The number of rotatable bonds is 5. The Hall–Kier alpha value is -3.19. The molecule has 6 nitrogen and oxygen atoms in total. The third-order valence-electron chi connectivity index (χ3n) is 4.35. The molecule has 0 atom stereocenters. The predicted octanol–water partition coefficient (Wildman–Crippen LogP) is 4.34. The number of hydrogen-bond donors (Lipinski definition) is 2. The van der Waals surface area contributed by atoms with Crippen molar-refractivity contribution in [1.82, 2.24) is 10.1 Å². The van der Waals surface area contributed by atoms with Crippen LogP contribution in [0.4, 0.5) is 10.2 Å². The van der Waals surface area contributed by atoms with Crippen LogP contribution in [0.5, 0.6) is 0 Å². The minimum absolute atomic E-state index is 0.210. The second-order valence-corrected chi connectivity index (χ2v) is 6.33. The molecule has 3 heterocycles. The molecule has 1 aromatic carbocycles. The van der Waals surface area contributed by atoms with E-state index >= 15 is 0 Å². The normalized spacial score (nSPS) is 11.3. The van der Waals surface area contributed by atoms with Gasteiger partial charge in [-0.05, 0) is 43.7 Å². The highest BCUT2D eigenvalue weighted by molar-refractivity contribution is 5.91. The third kappa shape index (κ3) is 3.29. The number of nitrogens with one attached hydrogen (secondary N) is 1. The molecule has 138 valence electrons. The zero-order valence-corrected chi connectivity index (χ0v) is 14.9. The summed E-state index contributed by atoms with van der Waals surface area (Å²) < 4.78 is 24.4. The van der Waals surface area contributed by atoms with Crippen molar-refractivity contribution in [3.63, 3.8) is 0 Å². The van der Waals surface area contributed by atoms with Crippen LogP contribution in [-0.4, -0.2) is 15.2 Å². The summed E-state index contributed by atoms with van der Waals surface area (Å²) in [4.78, 5) is 4.67. The lowest BCUT2D eigenvalue weighted by atomic mass is 10.1. The summed E-state index contributed by atoms with van der Waals surface area (Å²) in [7, 11) is 0. The topological polar surface area (TPSA) is 84.3 Å². The first-order valence-electron chi connectivity index (χ1n) is 8.51. The van der Waals surface area contributed by atoms with Gasteiger partial charge in [-0.15, -0.1) is 0 Å². The van der Waals surface area contributed by atoms with E-state index in [0.717, 1.165) is 22.2 Å². The maximum atomic E-state index is 13.4. The molecular formula is C20H18FN3O3. The number of hydrogen-bond acceptors (Lipinski definition) is 6. The van der Waals surface area contributed by atoms with Gasteiger partial charge in [-0.2, -0.15) is 0 Å². The first-order valence-corrected chi connectivity index (χ1v) is 8.51. The molecule has 7 heteroatoms. The number of furan rings is 1. The maximum absolute atomic E-state index is 13.4. The zero-order valence-electron chi connectivity index (χ0n) is 14.9. The van der Waals surface area contributed by atoms with E-state index in [4.69, 9.17) is 8.94 Å². The highest BCUT2D eigenvalue weighted by Gasteiger charge is 2.18. The van der Waals surface area contributed by atoms with E-state index in [2.05, 4.69) is 15.5 Å². The highest BCUT2D eigenvalue weighted by atomic mass is 19.1. The number of nitrogens with zero attached hydrogens (tertiary/aromatic N) is 2. The van der Waals surface area contributed by atoms with E-state index in [1.807, 2.05) is 26.0 Å². The van der Waals surface area contributed by atoms with Gasteiger partial charge in [0.1, 0.15) is 23.9 Å². The summed E-state index contributed by atoms with van der Waals surface area (Å²) in [5.41, 5.74) is 3.55. The van der Waals surface area contributed by atoms with Gasteiger partial charge >= 0.3 is 0 Å². The van der Waals surface area contributed by atoms with Crippen molar-refractivity contribution in [1.29, 1.82) is 0 Å². The summed E-state index contributed by atoms with van der Waals surface area (Å²) in [5.74, 6) is 1.32. The Morgan fingerprint density at radius 3 is 2.74 bits per heavy atom. The fourth-order valence-corrected chi connectivity index (χ4v) is 3.11. The van der Waals surface area contributed by atoms with E-state index in [1.165, 1.54) is 12.1 Å². The van der Waals surface area contributed by atoms with E-state index in [9.17, 15) is 9.50 Å². The van der Waals surface area contributed by atoms with Crippen LogP contribution in [0.1, 0.15) is 22.8 Å². The Labute approximate surface area is 154 Å². The fraction of sp³-hybridized carbons (Fsp3) is 0.200. The molecule has 0 amide bonds. The third-order valence-corrected chi connectivity index (χ3v) is 4.35. The summed E-state index contributed by atoms with van der Waals surface area (Å²) in [6.45, 7) is 3.85. The quantitative estimate of drug-likeness (QED) is 0.546. The van der Waals surface area contributed by atoms with Gasteiger partial charge in [-0.3, -0.25) is 0 Å². The maximum Gasteiger partial charge on any atom is 0.176 e. The number of halogens is 1. The molecule has 0 radical (unpaired) electrons. The molecule has 4 aromatic rings. The van der Waals surface area contributed by atoms with Crippen LogP contribution in [0.2, 0.25) is 0 Å². The first-order chi connectivity index (χ1) is 13.0. The summed E-state index contributed by atoms with van der Waals surface area (Å²) in [6, 6.07) is 9.99. The molecule has 0 aliphatic carbocycles. The molecule has 0 saturated heterocycles. The van der Waals surface area contributed by atoms with Crippen LogP contribution in [0.25, 0.3) is 22.2 Å². The van der Waals surface area contributed by atoms with Gasteiger partial charge in [0.05, 0.1) is 17.0 Å². The zero-order chi connectivity index (χ0) is 19.0. The monoisotopic (exact) mass is 367 g/mol. The molecule has 0 fully saturated rings. The molecule has 4 rings (SSSR count). The van der Waals surface area contributed by atoms with Crippen molar-refractivity contribution in [3.8, 4) is 11.3 Å². The van der Waals surface area contributed by atoms with E-state index in [-0.39, 0.29) is 12.4 Å². The number of aliphatic hydroxyl groups is 1. The van der Waals surface area contributed by atoms with Gasteiger partial charge in [0.15, 0.2) is 11.4 Å². The Balaban J connectivity index is 1.78. The SMILES string of the molecule is Cc1noc(C)c1-c1cc2cc(CO)oc2c(NCc2cccc(F)c2)n1. The van der Waals surface area contributed by atoms with Crippen molar-refractivity contribution in [2.24, 2.45) is 0 Å². The Morgan fingerprint density at radius 2 is 2.04 bits per heavy atom. The molecule has 0 aliphatic rings. The van der Waals surface area contributed by atoms with Crippen molar-refractivity contribution >= 4 is 16.8 Å². The number of aromatic nitrogens is 2. The predicted molar refractivity (Wildman–Crippen MR) is 98.6 cm³/mol. The summed E-state index contributed by atoms with van der Waals surface area (Å²) >= 11 is 0. The molecular weight excluding hydrogens is 349 g/mol. The van der Waals surface area contributed by atoms with E-state index in [1.54, 1.807) is 12.1 Å². The first kappa shape index (κ1) is 17.2. The molecule has 0 aliphatic heterocycles. The van der Waals surface area contributed by atoms with Gasteiger partial charge in [0.25, 0.3) is 0 Å². The lowest BCUT2D eigenvalue weighted by Gasteiger charge is -2.09. The second kappa shape index (κ2) is 6.85. The van der Waals surface area contributed by atoms with Crippen LogP contribution < -0.4 is 5.32 Å². The van der Waals surface area contributed by atoms with Gasteiger partial charge in [-0.1, -0.05) is 17.3 Å². The van der Waals surface area contributed by atoms with Crippen LogP contribution >= 0.6 is 0 Å². The largest absolute Gasteiger partial charge is 0.455 e. The minimum Gasteiger partial charge on any atom is -0.455 e. The van der Waals surface area contributed by atoms with Crippen LogP contribution in [0.3, 0.4) is 0 Å². The number of fused-ring (bicyclic) bond motifs is 1. The van der Waals surface area contributed by atoms with E-state index < -0.39 is 0 Å². The lowest BCUT2D eigenvalue weighted by molar-refractivity contribution is 0.251. The average Bonchev–Trinajstić information content (AvgIpc) is 3.22. The Bertz CT molecular complexity index is 1100. The fourth-order valence-electron chi connectivity index (χ4n) is 3.11. The smallest absolute Gasteiger partial charge is 0.176 e. The number of aryl methyl sites for hydroxylation is 2. The second-order valence-electron chi connectivity index (χ2n) is 6.33. The van der Waals surface area contributed by atoms with Crippen molar-refractivity contribution in [2.75, 3.05) is 5.32 Å². The number of aliphatic hydroxyl groups excluding tert-OH is 1. The van der Waals surface area contributed by atoms with Crippen molar-refractivity contribution in [2.45, 2.75) is 27.0 Å². The van der Waals surface area contributed by atoms with Gasteiger partial charge in [0, 0.05) is 11.9 Å². The molecule has 0 saturated carbocycles. The number of pyridine rings is 1. The average molecular weight is 367 g/mol. The molecule has 3 aromatic heterocycles. The molecule has 27 heavy (non-hydrogen) atoms. The van der Waals surface area contributed by atoms with Crippen LogP contribution in [0.15, 0.2) is 45.3 Å². The Morgan fingerprint density at radius 1 is 1.19 bits per heavy atom. The van der Waals surface area contributed by atoms with Crippen molar-refractivity contribution < 1.29 is 18.4 Å².